The lowest BCUT2D eigenvalue weighted by Gasteiger charge is -2.14. The van der Waals surface area contributed by atoms with Crippen molar-refractivity contribution in [1.29, 1.82) is 0 Å². The highest BCUT2D eigenvalue weighted by atomic mass is 16.2. The summed E-state index contributed by atoms with van der Waals surface area (Å²) in [5.74, 6) is 0.583. The molecule has 1 N–H and O–H groups in total. The Morgan fingerprint density at radius 3 is 2.74 bits per heavy atom. The normalized spacial score (nSPS) is 12.4. The van der Waals surface area contributed by atoms with Gasteiger partial charge in [-0.3, -0.25) is 9.59 Å². The van der Waals surface area contributed by atoms with Crippen LogP contribution in [0, 0.1) is 5.92 Å². The zero-order valence-corrected chi connectivity index (χ0v) is 11.8. The smallest absolute Gasteiger partial charge is 0.242 e. The van der Waals surface area contributed by atoms with Crippen LogP contribution in [0.15, 0.2) is 6.20 Å². The van der Waals surface area contributed by atoms with E-state index in [0.29, 0.717) is 12.2 Å². The van der Waals surface area contributed by atoms with Crippen molar-refractivity contribution in [3.8, 4) is 0 Å². The van der Waals surface area contributed by atoms with E-state index in [9.17, 15) is 9.59 Å². The summed E-state index contributed by atoms with van der Waals surface area (Å²) in [6.07, 6.45) is 5.32. The van der Waals surface area contributed by atoms with E-state index in [0.717, 1.165) is 12.8 Å². The van der Waals surface area contributed by atoms with Crippen LogP contribution >= 0.6 is 0 Å². The summed E-state index contributed by atoms with van der Waals surface area (Å²) in [6, 6.07) is 0.153. The first-order valence-corrected chi connectivity index (χ1v) is 6.66. The molecule has 6 heteroatoms. The highest BCUT2D eigenvalue weighted by Crippen LogP contribution is 2.08. The fourth-order valence-electron chi connectivity index (χ4n) is 1.82. The summed E-state index contributed by atoms with van der Waals surface area (Å²) >= 11 is 0. The minimum atomic E-state index is -0.112. The van der Waals surface area contributed by atoms with Gasteiger partial charge in [0.05, 0.1) is 6.20 Å². The molecule has 1 unspecified atom stereocenters. The van der Waals surface area contributed by atoms with Crippen molar-refractivity contribution in [2.45, 2.75) is 52.6 Å². The van der Waals surface area contributed by atoms with Crippen molar-refractivity contribution in [1.82, 2.24) is 20.3 Å². The topological polar surface area (TPSA) is 76.9 Å². The molecule has 0 aliphatic carbocycles. The van der Waals surface area contributed by atoms with Gasteiger partial charge in [0.15, 0.2) is 6.29 Å². The molecule has 0 aliphatic heterocycles. The van der Waals surface area contributed by atoms with E-state index < -0.39 is 0 Å². The largest absolute Gasteiger partial charge is 0.352 e. The molecule has 0 saturated heterocycles. The standard InChI is InChI=1S/C13H22N4O2/c1-10(2)5-4-6-11(3)14-13(19)8-17-7-12(9-18)15-16-17/h7,9-11H,4-6,8H2,1-3H3,(H,14,19). The molecule has 0 aliphatic rings. The van der Waals surface area contributed by atoms with E-state index in [1.165, 1.54) is 17.3 Å². The first-order valence-electron chi connectivity index (χ1n) is 6.66. The lowest BCUT2D eigenvalue weighted by Crippen LogP contribution is -2.35. The quantitative estimate of drug-likeness (QED) is 0.722. The van der Waals surface area contributed by atoms with Crippen molar-refractivity contribution in [3.63, 3.8) is 0 Å². The summed E-state index contributed by atoms with van der Waals surface area (Å²) in [6.45, 7) is 6.48. The summed E-state index contributed by atoms with van der Waals surface area (Å²) in [7, 11) is 0. The summed E-state index contributed by atoms with van der Waals surface area (Å²) in [5.41, 5.74) is 0.234. The molecule has 1 heterocycles. The Morgan fingerprint density at radius 2 is 2.16 bits per heavy atom. The lowest BCUT2D eigenvalue weighted by atomic mass is 10.0. The van der Waals surface area contributed by atoms with E-state index in [2.05, 4.69) is 29.5 Å². The first kappa shape index (κ1) is 15.3. The fraction of sp³-hybridized carbons (Fsp3) is 0.692. The van der Waals surface area contributed by atoms with Crippen LogP contribution in [0.2, 0.25) is 0 Å². The molecule has 0 aromatic carbocycles. The second-order valence-electron chi connectivity index (χ2n) is 5.25. The van der Waals surface area contributed by atoms with Crippen LogP contribution in [0.1, 0.15) is 50.5 Å². The number of hydrogen-bond acceptors (Lipinski definition) is 4. The zero-order valence-electron chi connectivity index (χ0n) is 11.8. The molecule has 1 amide bonds. The fourth-order valence-corrected chi connectivity index (χ4v) is 1.82. The van der Waals surface area contributed by atoms with Crippen LogP contribution in [-0.2, 0) is 11.3 Å². The SMILES string of the molecule is CC(C)CCCC(C)NC(=O)Cn1cc(C=O)nn1. The van der Waals surface area contributed by atoms with Gasteiger partial charge in [0, 0.05) is 6.04 Å². The highest BCUT2D eigenvalue weighted by molar-refractivity contribution is 5.76. The Labute approximate surface area is 113 Å². The summed E-state index contributed by atoms with van der Waals surface area (Å²) in [5, 5.41) is 10.2. The third kappa shape index (κ3) is 6.13. The Morgan fingerprint density at radius 1 is 1.42 bits per heavy atom. The second kappa shape index (κ2) is 7.66. The minimum absolute atomic E-state index is 0.0926. The number of nitrogens with zero attached hydrogens (tertiary/aromatic N) is 3. The van der Waals surface area contributed by atoms with Gasteiger partial charge in [-0.15, -0.1) is 5.10 Å². The molecule has 0 spiro atoms. The van der Waals surface area contributed by atoms with Gasteiger partial charge < -0.3 is 5.32 Å². The maximum atomic E-state index is 11.7. The molecule has 1 aromatic heterocycles. The predicted molar refractivity (Wildman–Crippen MR) is 71.7 cm³/mol. The monoisotopic (exact) mass is 266 g/mol. The number of nitrogens with one attached hydrogen (secondary N) is 1. The number of carbonyl (C=O) groups excluding carboxylic acids is 2. The molecule has 0 bridgehead atoms. The maximum absolute atomic E-state index is 11.7. The Balaban J connectivity index is 2.28. The number of amides is 1. The van der Waals surface area contributed by atoms with Gasteiger partial charge in [-0.1, -0.05) is 31.9 Å². The highest BCUT2D eigenvalue weighted by Gasteiger charge is 2.09. The molecule has 6 nitrogen and oxygen atoms in total. The third-order valence-corrected chi connectivity index (χ3v) is 2.81. The number of aldehydes is 1. The van der Waals surface area contributed by atoms with Gasteiger partial charge in [0.2, 0.25) is 5.91 Å². The molecule has 106 valence electrons. The van der Waals surface area contributed by atoms with Crippen molar-refractivity contribution >= 4 is 12.2 Å². The van der Waals surface area contributed by atoms with Crippen molar-refractivity contribution in [3.05, 3.63) is 11.9 Å². The molecular weight excluding hydrogens is 244 g/mol. The van der Waals surface area contributed by atoms with Crippen LogP contribution in [0.5, 0.6) is 0 Å². The second-order valence-corrected chi connectivity index (χ2v) is 5.25. The van der Waals surface area contributed by atoms with Crippen molar-refractivity contribution < 1.29 is 9.59 Å². The lowest BCUT2D eigenvalue weighted by molar-refractivity contribution is -0.122. The Bertz CT molecular complexity index is 415. The predicted octanol–water partition coefficient (Wildman–Crippen LogP) is 1.42. The van der Waals surface area contributed by atoms with Crippen molar-refractivity contribution in [2.75, 3.05) is 0 Å². The zero-order chi connectivity index (χ0) is 14.3. The molecule has 1 atom stereocenters. The van der Waals surface area contributed by atoms with E-state index in [1.54, 1.807) is 0 Å². The van der Waals surface area contributed by atoms with E-state index >= 15 is 0 Å². The van der Waals surface area contributed by atoms with Crippen LogP contribution in [0.4, 0.5) is 0 Å². The van der Waals surface area contributed by atoms with Gasteiger partial charge in [-0.05, 0) is 19.3 Å². The average Bonchev–Trinajstić information content (AvgIpc) is 2.75. The molecule has 0 saturated carbocycles. The number of rotatable bonds is 8. The van der Waals surface area contributed by atoms with E-state index in [-0.39, 0.29) is 24.2 Å². The van der Waals surface area contributed by atoms with Gasteiger partial charge >= 0.3 is 0 Å². The van der Waals surface area contributed by atoms with E-state index in [1.807, 2.05) is 6.92 Å². The Kier molecular flexibility index (Phi) is 6.18. The van der Waals surface area contributed by atoms with Gasteiger partial charge in [-0.2, -0.15) is 0 Å². The molecule has 1 rings (SSSR count). The molecule has 0 fully saturated rings. The number of hydrogen-bond donors (Lipinski definition) is 1. The van der Waals surface area contributed by atoms with Gasteiger partial charge in [0.25, 0.3) is 0 Å². The van der Waals surface area contributed by atoms with Gasteiger partial charge in [-0.25, -0.2) is 4.68 Å². The first-order chi connectivity index (χ1) is 9.01. The molecular formula is C13H22N4O2. The number of carbonyl (C=O) groups is 2. The minimum Gasteiger partial charge on any atom is -0.352 e. The molecule has 19 heavy (non-hydrogen) atoms. The van der Waals surface area contributed by atoms with Crippen LogP contribution in [-0.4, -0.2) is 33.2 Å². The van der Waals surface area contributed by atoms with E-state index in [4.69, 9.17) is 0 Å². The van der Waals surface area contributed by atoms with Crippen LogP contribution < -0.4 is 5.32 Å². The molecule has 0 radical (unpaired) electrons. The third-order valence-electron chi connectivity index (χ3n) is 2.81. The van der Waals surface area contributed by atoms with Crippen molar-refractivity contribution in [2.24, 2.45) is 5.92 Å². The molecule has 1 aromatic rings. The summed E-state index contributed by atoms with van der Waals surface area (Å²) < 4.78 is 1.36. The summed E-state index contributed by atoms with van der Waals surface area (Å²) in [4.78, 5) is 22.2. The average molecular weight is 266 g/mol. The van der Waals surface area contributed by atoms with Crippen LogP contribution in [0.25, 0.3) is 0 Å². The van der Waals surface area contributed by atoms with Gasteiger partial charge in [0.1, 0.15) is 12.2 Å². The Hall–Kier alpha value is -1.72. The van der Waals surface area contributed by atoms with Crippen LogP contribution in [0.3, 0.4) is 0 Å². The number of aromatic nitrogens is 3. The maximum Gasteiger partial charge on any atom is 0.242 e.